The molecule has 1 aromatic rings. The van der Waals surface area contributed by atoms with E-state index in [1.807, 2.05) is 25.3 Å². The molecule has 0 aromatic carbocycles. The minimum Gasteiger partial charge on any atom is -0.388 e. The molecule has 4 heteroatoms. The van der Waals surface area contributed by atoms with Gasteiger partial charge in [0.1, 0.15) is 4.60 Å². The number of aliphatic hydroxyl groups is 1. The van der Waals surface area contributed by atoms with Crippen LogP contribution in [0.25, 0.3) is 0 Å². The molecule has 0 bridgehead atoms. The topological polar surface area (TPSA) is 36.4 Å². The predicted octanol–water partition coefficient (Wildman–Crippen LogP) is 1.41. The maximum absolute atomic E-state index is 9.54. The van der Waals surface area contributed by atoms with Gasteiger partial charge in [0, 0.05) is 25.8 Å². The fraction of sp³-hybridized carbons (Fsp3) is 0.500. The van der Waals surface area contributed by atoms with Crippen molar-refractivity contribution in [1.29, 1.82) is 0 Å². The maximum Gasteiger partial charge on any atom is 0.106 e. The molecule has 1 fully saturated rings. The smallest absolute Gasteiger partial charge is 0.106 e. The second-order valence-corrected chi connectivity index (χ2v) is 4.94. The maximum atomic E-state index is 9.54. The van der Waals surface area contributed by atoms with Crippen LogP contribution in [0.2, 0.25) is 0 Å². The molecule has 0 spiro atoms. The first-order valence-corrected chi connectivity index (χ1v) is 5.40. The Hall–Kier alpha value is -0.450. The van der Waals surface area contributed by atoms with Crippen LogP contribution in [0.15, 0.2) is 22.9 Å². The van der Waals surface area contributed by atoms with E-state index in [4.69, 9.17) is 0 Å². The Morgan fingerprint density at radius 3 is 2.79 bits per heavy atom. The summed E-state index contributed by atoms with van der Waals surface area (Å²) in [6, 6.07) is 3.98. The Kier molecular flexibility index (Phi) is 2.60. The van der Waals surface area contributed by atoms with Crippen LogP contribution in [0.1, 0.15) is 12.5 Å². The zero-order chi connectivity index (χ0) is 10.2. The molecule has 14 heavy (non-hydrogen) atoms. The third-order valence-electron chi connectivity index (χ3n) is 2.32. The lowest BCUT2D eigenvalue weighted by Gasteiger charge is -2.44. The van der Waals surface area contributed by atoms with Crippen LogP contribution in [0.3, 0.4) is 0 Å². The second kappa shape index (κ2) is 3.61. The summed E-state index contributed by atoms with van der Waals surface area (Å²) in [5.74, 6) is 0. The van der Waals surface area contributed by atoms with E-state index in [-0.39, 0.29) is 0 Å². The summed E-state index contributed by atoms with van der Waals surface area (Å²) in [7, 11) is 0. The normalized spacial score (nSPS) is 20.5. The molecule has 2 rings (SSSR count). The lowest BCUT2D eigenvalue weighted by molar-refractivity contribution is -0.0871. The van der Waals surface area contributed by atoms with Crippen LogP contribution in [-0.2, 0) is 6.54 Å². The van der Waals surface area contributed by atoms with Crippen molar-refractivity contribution in [3.63, 3.8) is 0 Å². The van der Waals surface area contributed by atoms with Gasteiger partial charge in [0.2, 0.25) is 0 Å². The summed E-state index contributed by atoms with van der Waals surface area (Å²) in [5.41, 5.74) is 0.701. The van der Waals surface area contributed by atoms with Gasteiger partial charge >= 0.3 is 0 Å². The molecule has 1 N–H and O–H groups in total. The van der Waals surface area contributed by atoms with E-state index in [0.29, 0.717) is 0 Å². The molecule has 0 amide bonds. The molecule has 0 aliphatic carbocycles. The van der Waals surface area contributed by atoms with Crippen LogP contribution < -0.4 is 0 Å². The minimum atomic E-state index is -0.483. The number of aromatic nitrogens is 1. The van der Waals surface area contributed by atoms with Crippen molar-refractivity contribution in [3.8, 4) is 0 Å². The highest BCUT2D eigenvalue weighted by Gasteiger charge is 2.35. The highest BCUT2D eigenvalue weighted by Crippen LogP contribution is 2.21. The number of pyridine rings is 1. The van der Waals surface area contributed by atoms with E-state index < -0.39 is 5.60 Å². The van der Waals surface area contributed by atoms with Crippen molar-refractivity contribution in [2.24, 2.45) is 0 Å². The average molecular weight is 257 g/mol. The molecule has 0 radical (unpaired) electrons. The number of β-amino-alcohol motifs (C(OH)–C–C–N with tert-alkyl or cyclic N) is 1. The fourth-order valence-electron chi connectivity index (χ4n) is 1.79. The van der Waals surface area contributed by atoms with Gasteiger partial charge in [-0.05, 0) is 34.5 Å². The van der Waals surface area contributed by atoms with Gasteiger partial charge in [-0.1, -0.05) is 6.07 Å². The minimum absolute atomic E-state index is 0.483. The Labute approximate surface area is 91.9 Å². The lowest BCUT2D eigenvalue weighted by atomic mass is 9.96. The van der Waals surface area contributed by atoms with E-state index in [0.717, 1.165) is 24.2 Å². The van der Waals surface area contributed by atoms with Gasteiger partial charge in [-0.2, -0.15) is 0 Å². The Bertz CT molecular complexity index is 315. The summed E-state index contributed by atoms with van der Waals surface area (Å²) in [6.07, 6.45) is 1.86. The van der Waals surface area contributed by atoms with Crippen LogP contribution in [0, 0.1) is 0 Å². The number of nitrogens with zero attached hydrogens (tertiary/aromatic N) is 2. The quantitative estimate of drug-likeness (QED) is 0.814. The van der Waals surface area contributed by atoms with Crippen molar-refractivity contribution < 1.29 is 5.11 Å². The number of rotatable bonds is 2. The average Bonchev–Trinajstić information content (AvgIpc) is 2.06. The molecule has 3 nitrogen and oxygen atoms in total. The number of halogens is 1. The SMILES string of the molecule is CC1(O)CN(Cc2ccc(Br)nc2)C1. The first-order chi connectivity index (χ1) is 6.55. The van der Waals surface area contributed by atoms with Crippen molar-refractivity contribution in [1.82, 2.24) is 9.88 Å². The van der Waals surface area contributed by atoms with Gasteiger partial charge in [-0.3, -0.25) is 4.90 Å². The molecule has 1 aliphatic rings. The summed E-state index contributed by atoms with van der Waals surface area (Å²) >= 11 is 3.30. The Morgan fingerprint density at radius 2 is 2.29 bits per heavy atom. The van der Waals surface area contributed by atoms with Crippen molar-refractivity contribution in [2.45, 2.75) is 19.1 Å². The first kappa shape index (κ1) is 10.1. The standard InChI is InChI=1S/C10H13BrN2O/c1-10(14)6-13(7-10)5-8-2-3-9(11)12-4-8/h2-4,14H,5-7H2,1H3. The number of likely N-dealkylation sites (tertiary alicyclic amines) is 1. The summed E-state index contributed by atoms with van der Waals surface area (Å²) in [6.45, 7) is 4.24. The van der Waals surface area contributed by atoms with Crippen LogP contribution in [-0.4, -0.2) is 33.7 Å². The van der Waals surface area contributed by atoms with Gasteiger partial charge in [0.15, 0.2) is 0 Å². The Morgan fingerprint density at radius 1 is 1.57 bits per heavy atom. The molecule has 0 atom stereocenters. The molecular formula is C10H13BrN2O. The molecule has 1 aliphatic heterocycles. The second-order valence-electron chi connectivity index (χ2n) is 4.13. The van der Waals surface area contributed by atoms with E-state index in [1.54, 1.807) is 0 Å². The van der Waals surface area contributed by atoms with Crippen molar-refractivity contribution in [2.75, 3.05) is 13.1 Å². The summed E-state index contributed by atoms with van der Waals surface area (Å²) < 4.78 is 0.858. The summed E-state index contributed by atoms with van der Waals surface area (Å²) in [4.78, 5) is 6.35. The lowest BCUT2D eigenvalue weighted by Crippen LogP contribution is -2.59. The van der Waals surface area contributed by atoms with Gasteiger partial charge in [0.25, 0.3) is 0 Å². The van der Waals surface area contributed by atoms with Crippen LogP contribution in [0.5, 0.6) is 0 Å². The van der Waals surface area contributed by atoms with E-state index in [1.165, 1.54) is 5.56 Å². The third kappa shape index (κ3) is 2.32. The molecule has 76 valence electrons. The highest BCUT2D eigenvalue weighted by molar-refractivity contribution is 9.10. The van der Waals surface area contributed by atoms with Gasteiger partial charge in [-0.25, -0.2) is 4.98 Å². The van der Waals surface area contributed by atoms with E-state index in [2.05, 4.69) is 25.8 Å². The molecule has 1 aromatic heterocycles. The fourth-order valence-corrected chi connectivity index (χ4v) is 2.02. The molecule has 0 unspecified atom stereocenters. The van der Waals surface area contributed by atoms with Crippen molar-refractivity contribution in [3.05, 3.63) is 28.5 Å². The highest BCUT2D eigenvalue weighted by atomic mass is 79.9. The Balaban J connectivity index is 1.90. The number of hydrogen-bond acceptors (Lipinski definition) is 3. The van der Waals surface area contributed by atoms with Crippen LogP contribution >= 0.6 is 15.9 Å². The zero-order valence-corrected chi connectivity index (χ0v) is 9.66. The van der Waals surface area contributed by atoms with E-state index >= 15 is 0 Å². The van der Waals surface area contributed by atoms with Gasteiger partial charge < -0.3 is 5.11 Å². The van der Waals surface area contributed by atoms with Gasteiger partial charge in [0.05, 0.1) is 5.60 Å². The monoisotopic (exact) mass is 256 g/mol. The molecule has 2 heterocycles. The first-order valence-electron chi connectivity index (χ1n) is 4.60. The van der Waals surface area contributed by atoms with Gasteiger partial charge in [-0.15, -0.1) is 0 Å². The number of hydrogen-bond donors (Lipinski definition) is 1. The third-order valence-corrected chi connectivity index (χ3v) is 2.79. The molecule has 1 saturated heterocycles. The zero-order valence-electron chi connectivity index (χ0n) is 8.07. The van der Waals surface area contributed by atoms with Crippen LogP contribution in [0.4, 0.5) is 0 Å². The summed E-state index contributed by atoms with van der Waals surface area (Å²) in [5, 5.41) is 9.54. The molecular weight excluding hydrogens is 244 g/mol. The predicted molar refractivity (Wildman–Crippen MR) is 57.8 cm³/mol. The van der Waals surface area contributed by atoms with Crippen molar-refractivity contribution >= 4 is 15.9 Å². The van der Waals surface area contributed by atoms with E-state index in [9.17, 15) is 5.11 Å². The molecule has 0 saturated carbocycles. The largest absolute Gasteiger partial charge is 0.388 e.